The van der Waals surface area contributed by atoms with Gasteiger partial charge in [0, 0.05) is 22.7 Å². The molecule has 0 amide bonds. The third-order valence-corrected chi connectivity index (χ3v) is 3.52. The second-order valence-electron chi connectivity index (χ2n) is 5.17. The van der Waals surface area contributed by atoms with Crippen molar-refractivity contribution >= 4 is 17.6 Å². The highest BCUT2D eigenvalue weighted by Gasteiger charge is 2.18. The number of nitrogens with one attached hydrogen (secondary N) is 1. The number of H-pyrrole nitrogens is 1. The summed E-state index contributed by atoms with van der Waals surface area (Å²) in [5, 5.41) is 12.5. The van der Waals surface area contributed by atoms with E-state index >= 15 is 0 Å². The van der Waals surface area contributed by atoms with Gasteiger partial charge in [0.15, 0.2) is 0 Å². The van der Waals surface area contributed by atoms with E-state index in [1.54, 1.807) is 24.3 Å². The van der Waals surface area contributed by atoms with Crippen LogP contribution in [0, 0.1) is 0 Å². The molecule has 2 N–H and O–H groups in total. The molecule has 2 rings (SSSR count). The summed E-state index contributed by atoms with van der Waals surface area (Å²) >= 11 is 5.85. The molecule has 6 heteroatoms. The van der Waals surface area contributed by atoms with Crippen LogP contribution in [0.25, 0.3) is 5.69 Å². The average Bonchev–Trinajstić information content (AvgIpc) is 2.75. The van der Waals surface area contributed by atoms with Crippen molar-refractivity contribution in [3.8, 4) is 5.69 Å². The molecule has 1 heterocycles. The van der Waals surface area contributed by atoms with Gasteiger partial charge in [-0.2, -0.15) is 0 Å². The van der Waals surface area contributed by atoms with E-state index < -0.39 is 5.97 Å². The van der Waals surface area contributed by atoms with Crippen molar-refractivity contribution in [1.29, 1.82) is 0 Å². The molecule has 0 fully saturated rings. The molecule has 0 saturated heterocycles. The number of nitrogens with zero attached hydrogens (tertiary/aromatic N) is 1. The molecule has 5 nitrogen and oxygen atoms in total. The molecule has 0 aliphatic rings. The number of carboxylic acid groups (broad SMARTS) is 1. The Labute approximate surface area is 127 Å². The molecule has 1 aromatic heterocycles. The van der Waals surface area contributed by atoms with E-state index in [-0.39, 0.29) is 24.3 Å². The lowest BCUT2D eigenvalue weighted by Crippen LogP contribution is -2.18. The lowest BCUT2D eigenvalue weighted by Gasteiger charge is -2.04. The summed E-state index contributed by atoms with van der Waals surface area (Å²) in [6.07, 6.45) is 0.159. The van der Waals surface area contributed by atoms with E-state index in [4.69, 9.17) is 16.7 Å². The Balaban J connectivity index is 2.48. The second-order valence-corrected chi connectivity index (χ2v) is 5.61. The van der Waals surface area contributed by atoms with Crippen LogP contribution in [0.15, 0.2) is 29.1 Å². The van der Waals surface area contributed by atoms with Crippen LogP contribution in [0.2, 0.25) is 5.02 Å². The van der Waals surface area contributed by atoms with Gasteiger partial charge in [0.05, 0.1) is 5.69 Å². The SMILES string of the molecule is CC(C)c1[nH]n(-c2ccc(Cl)cc2)c(=O)c1CCC(=O)O. The van der Waals surface area contributed by atoms with Crippen molar-refractivity contribution in [2.45, 2.75) is 32.6 Å². The standard InChI is InChI=1S/C15H17ClN2O3/c1-9(2)14-12(7-8-13(19)20)15(21)18(17-14)11-5-3-10(16)4-6-11/h3-6,9,17H,7-8H2,1-2H3,(H,19,20). The normalized spacial score (nSPS) is 11.0. The number of carbonyl (C=O) groups is 1. The summed E-state index contributed by atoms with van der Waals surface area (Å²) in [5.74, 6) is -0.807. The fourth-order valence-corrected chi connectivity index (χ4v) is 2.34. The summed E-state index contributed by atoms with van der Waals surface area (Å²) in [7, 11) is 0. The van der Waals surface area contributed by atoms with Crippen molar-refractivity contribution in [2.24, 2.45) is 0 Å². The van der Waals surface area contributed by atoms with Gasteiger partial charge >= 0.3 is 5.97 Å². The van der Waals surface area contributed by atoms with E-state index in [0.29, 0.717) is 16.3 Å². The Kier molecular flexibility index (Phi) is 4.53. The Morgan fingerprint density at radius 2 is 1.95 bits per heavy atom. The predicted octanol–water partition coefficient (Wildman–Crippen LogP) is 2.96. The van der Waals surface area contributed by atoms with E-state index in [2.05, 4.69) is 5.10 Å². The maximum absolute atomic E-state index is 12.5. The number of hydrogen-bond donors (Lipinski definition) is 2. The van der Waals surface area contributed by atoms with Crippen LogP contribution in [0.5, 0.6) is 0 Å². The fraction of sp³-hybridized carbons (Fsp3) is 0.333. The number of hydrogen-bond acceptors (Lipinski definition) is 2. The number of aromatic nitrogens is 2. The quantitative estimate of drug-likeness (QED) is 0.891. The maximum Gasteiger partial charge on any atom is 0.303 e. The molecule has 2 aromatic rings. The van der Waals surface area contributed by atoms with Crippen LogP contribution in [0.1, 0.15) is 37.4 Å². The number of aromatic amines is 1. The first kappa shape index (κ1) is 15.4. The van der Waals surface area contributed by atoms with Crippen LogP contribution in [-0.4, -0.2) is 20.9 Å². The van der Waals surface area contributed by atoms with Gasteiger partial charge in [-0.05, 0) is 36.6 Å². The maximum atomic E-state index is 12.5. The zero-order chi connectivity index (χ0) is 15.6. The molecule has 0 saturated carbocycles. The minimum atomic E-state index is -0.914. The Hall–Kier alpha value is -2.01. The van der Waals surface area contributed by atoms with Crippen molar-refractivity contribution in [3.05, 3.63) is 50.9 Å². The first-order chi connectivity index (χ1) is 9.90. The van der Waals surface area contributed by atoms with Crippen molar-refractivity contribution < 1.29 is 9.90 Å². The number of carboxylic acids is 1. The van der Waals surface area contributed by atoms with Gasteiger partial charge in [0.2, 0.25) is 0 Å². The van der Waals surface area contributed by atoms with Crippen LogP contribution < -0.4 is 5.56 Å². The molecule has 0 atom stereocenters. The number of benzene rings is 1. The van der Waals surface area contributed by atoms with Gasteiger partial charge in [0.1, 0.15) is 0 Å². The van der Waals surface area contributed by atoms with E-state index in [9.17, 15) is 9.59 Å². The summed E-state index contributed by atoms with van der Waals surface area (Å²) in [6.45, 7) is 3.92. The van der Waals surface area contributed by atoms with Gasteiger partial charge in [-0.1, -0.05) is 25.4 Å². The van der Waals surface area contributed by atoms with Crippen LogP contribution in [0.4, 0.5) is 0 Å². The molecule has 0 radical (unpaired) electrons. The molecule has 0 aliphatic carbocycles. The lowest BCUT2D eigenvalue weighted by molar-refractivity contribution is -0.136. The number of rotatable bonds is 5. The molecule has 21 heavy (non-hydrogen) atoms. The highest BCUT2D eigenvalue weighted by Crippen LogP contribution is 2.18. The highest BCUT2D eigenvalue weighted by atomic mass is 35.5. The monoisotopic (exact) mass is 308 g/mol. The Bertz CT molecular complexity index is 699. The molecule has 0 unspecified atom stereocenters. The zero-order valence-electron chi connectivity index (χ0n) is 11.9. The average molecular weight is 309 g/mol. The molecule has 0 aliphatic heterocycles. The molecule has 0 bridgehead atoms. The van der Waals surface area contributed by atoms with E-state index in [1.807, 2.05) is 13.8 Å². The second kappa shape index (κ2) is 6.18. The molecular weight excluding hydrogens is 292 g/mol. The van der Waals surface area contributed by atoms with Crippen LogP contribution in [-0.2, 0) is 11.2 Å². The zero-order valence-corrected chi connectivity index (χ0v) is 12.6. The molecule has 112 valence electrons. The van der Waals surface area contributed by atoms with Crippen molar-refractivity contribution in [3.63, 3.8) is 0 Å². The summed E-state index contributed by atoms with van der Waals surface area (Å²) in [6, 6.07) is 6.89. The number of aliphatic carboxylic acids is 1. The smallest absolute Gasteiger partial charge is 0.303 e. The largest absolute Gasteiger partial charge is 0.481 e. The van der Waals surface area contributed by atoms with Gasteiger partial charge in [-0.3, -0.25) is 14.7 Å². The van der Waals surface area contributed by atoms with E-state index in [1.165, 1.54) is 4.68 Å². The Morgan fingerprint density at radius 3 is 2.48 bits per heavy atom. The van der Waals surface area contributed by atoms with Crippen molar-refractivity contribution in [2.75, 3.05) is 0 Å². The summed E-state index contributed by atoms with van der Waals surface area (Å²) < 4.78 is 1.43. The van der Waals surface area contributed by atoms with Gasteiger partial charge in [0.25, 0.3) is 5.56 Å². The minimum absolute atomic E-state index is 0.0621. The Morgan fingerprint density at radius 1 is 1.33 bits per heavy atom. The van der Waals surface area contributed by atoms with Gasteiger partial charge in [-0.25, -0.2) is 4.68 Å². The summed E-state index contributed by atoms with van der Waals surface area (Å²) in [5.41, 5.74) is 1.77. The lowest BCUT2D eigenvalue weighted by atomic mass is 10.0. The topological polar surface area (TPSA) is 75.1 Å². The first-order valence-corrected chi connectivity index (χ1v) is 7.09. The van der Waals surface area contributed by atoms with Crippen molar-refractivity contribution in [1.82, 2.24) is 9.78 Å². The molecule has 1 aromatic carbocycles. The number of halogens is 1. The third-order valence-electron chi connectivity index (χ3n) is 3.27. The fourth-order valence-electron chi connectivity index (χ4n) is 2.21. The predicted molar refractivity (Wildman–Crippen MR) is 81.4 cm³/mol. The highest BCUT2D eigenvalue weighted by molar-refractivity contribution is 6.30. The van der Waals surface area contributed by atoms with Gasteiger partial charge in [-0.15, -0.1) is 0 Å². The van der Waals surface area contributed by atoms with Gasteiger partial charge < -0.3 is 5.11 Å². The minimum Gasteiger partial charge on any atom is -0.481 e. The molecule has 0 spiro atoms. The summed E-state index contributed by atoms with van der Waals surface area (Å²) in [4.78, 5) is 23.2. The van der Waals surface area contributed by atoms with Crippen LogP contribution in [0.3, 0.4) is 0 Å². The van der Waals surface area contributed by atoms with E-state index in [0.717, 1.165) is 5.69 Å². The first-order valence-electron chi connectivity index (χ1n) is 6.71. The van der Waals surface area contributed by atoms with Crippen LogP contribution >= 0.6 is 11.6 Å². The third kappa shape index (κ3) is 3.36. The molecular formula is C15H17ClN2O3.